The maximum Gasteiger partial charge on any atom is 0.123 e. The first-order valence-electron chi connectivity index (χ1n) is 6.77. The van der Waals surface area contributed by atoms with Crippen LogP contribution in [0.15, 0.2) is 18.2 Å². The molecule has 0 aromatic heterocycles. The Balaban J connectivity index is 2.01. The third kappa shape index (κ3) is 3.80. The second-order valence-electron chi connectivity index (χ2n) is 4.97. The van der Waals surface area contributed by atoms with Gasteiger partial charge in [-0.05, 0) is 55.5 Å². The van der Waals surface area contributed by atoms with Crippen molar-refractivity contribution in [1.29, 1.82) is 0 Å². The molecule has 1 N–H and O–H groups in total. The van der Waals surface area contributed by atoms with Crippen molar-refractivity contribution in [2.24, 2.45) is 5.92 Å². The van der Waals surface area contributed by atoms with Gasteiger partial charge in [-0.1, -0.05) is 0 Å². The fourth-order valence-electron chi connectivity index (χ4n) is 2.38. The third-order valence-corrected chi connectivity index (χ3v) is 4.87. The molecular weight excluding hydrogens is 258 g/mol. The molecule has 1 aliphatic rings. The van der Waals surface area contributed by atoms with Crippen LogP contribution < -0.4 is 14.8 Å². The maximum absolute atomic E-state index is 5.44. The molecule has 0 radical (unpaired) electrons. The second kappa shape index (κ2) is 7.06. The van der Waals surface area contributed by atoms with Crippen LogP contribution in [-0.4, -0.2) is 32.3 Å². The van der Waals surface area contributed by atoms with E-state index in [1.165, 1.54) is 17.9 Å². The van der Waals surface area contributed by atoms with Gasteiger partial charge in [-0.25, -0.2) is 0 Å². The van der Waals surface area contributed by atoms with E-state index in [2.05, 4.69) is 30.1 Å². The van der Waals surface area contributed by atoms with Crippen molar-refractivity contribution < 1.29 is 9.47 Å². The second-order valence-corrected chi connectivity index (χ2v) is 6.12. The Labute approximate surface area is 120 Å². The number of benzene rings is 1. The van der Waals surface area contributed by atoms with Crippen LogP contribution in [0.2, 0.25) is 0 Å². The minimum Gasteiger partial charge on any atom is -0.497 e. The van der Waals surface area contributed by atoms with Gasteiger partial charge < -0.3 is 14.8 Å². The highest BCUT2D eigenvalue weighted by Gasteiger charge is 2.18. The van der Waals surface area contributed by atoms with Gasteiger partial charge in [0.2, 0.25) is 0 Å². The zero-order valence-electron chi connectivity index (χ0n) is 11.9. The summed E-state index contributed by atoms with van der Waals surface area (Å²) in [6.45, 7) is 3.26. The van der Waals surface area contributed by atoms with E-state index in [1.807, 2.05) is 12.1 Å². The summed E-state index contributed by atoms with van der Waals surface area (Å²) in [5, 5.41) is 3.62. The Morgan fingerprint density at radius 1 is 1.37 bits per heavy atom. The number of rotatable bonds is 6. The monoisotopic (exact) mass is 281 g/mol. The predicted molar refractivity (Wildman–Crippen MR) is 81.4 cm³/mol. The molecule has 0 bridgehead atoms. The minimum absolute atomic E-state index is 0.274. The van der Waals surface area contributed by atoms with Crippen LogP contribution in [0.4, 0.5) is 0 Å². The van der Waals surface area contributed by atoms with E-state index in [9.17, 15) is 0 Å². The lowest BCUT2D eigenvalue weighted by Crippen LogP contribution is -2.26. The van der Waals surface area contributed by atoms with Crippen molar-refractivity contribution in [1.82, 2.24) is 5.32 Å². The van der Waals surface area contributed by atoms with E-state index < -0.39 is 0 Å². The van der Waals surface area contributed by atoms with Gasteiger partial charge in [0.15, 0.2) is 0 Å². The predicted octanol–water partition coefficient (Wildman–Crippen LogP) is 3.11. The first kappa shape index (κ1) is 14.5. The first-order chi connectivity index (χ1) is 9.24. The maximum atomic E-state index is 5.44. The number of hydrogen-bond acceptors (Lipinski definition) is 4. The Morgan fingerprint density at radius 2 is 2.21 bits per heavy atom. The first-order valence-corrected chi connectivity index (χ1v) is 7.93. The molecule has 1 aliphatic heterocycles. The fourth-order valence-corrected chi connectivity index (χ4v) is 3.66. The van der Waals surface area contributed by atoms with Gasteiger partial charge in [-0.3, -0.25) is 0 Å². The molecule has 2 unspecified atom stereocenters. The van der Waals surface area contributed by atoms with Gasteiger partial charge >= 0.3 is 0 Å². The Bertz CT molecular complexity index is 405. The molecule has 0 spiro atoms. The smallest absolute Gasteiger partial charge is 0.123 e. The van der Waals surface area contributed by atoms with E-state index >= 15 is 0 Å². The van der Waals surface area contributed by atoms with Crippen LogP contribution in [0.25, 0.3) is 0 Å². The lowest BCUT2D eigenvalue weighted by molar-refractivity contribution is 0.388. The van der Waals surface area contributed by atoms with Crippen molar-refractivity contribution in [3.8, 4) is 11.5 Å². The molecule has 0 aliphatic carbocycles. The van der Waals surface area contributed by atoms with Crippen LogP contribution in [-0.2, 0) is 0 Å². The molecule has 1 aromatic rings. The molecule has 0 amide bonds. The largest absolute Gasteiger partial charge is 0.497 e. The minimum atomic E-state index is 0.274. The van der Waals surface area contributed by atoms with E-state index in [-0.39, 0.29) is 6.04 Å². The summed E-state index contributed by atoms with van der Waals surface area (Å²) in [7, 11) is 3.41. The molecule has 19 heavy (non-hydrogen) atoms. The summed E-state index contributed by atoms with van der Waals surface area (Å²) in [6.07, 6.45) is 1.33. The number of hydrogen-bond donors (Lipinski definition) is 1. The standard InChI is InChI=1S/C15H23NO2S/c1-11(16-9-12-6-7-19-10-12)14-8-13(17-2)4-5-15(14)18-3/h4-5,8,11-12,16H,6-7,9-10H2,1-3H3. The van der Waals surface area contributed by atoms with Crippen LogP contribution >= 0.6 is 11.8 Å². The Kier molecular flexibility index (Phi) is 5.40. The quantitative estimate of drug-likeness (QED) is 0.868. The molecular formula is C15H23NO2S. The van der Waals surface area contributed by atoms with E-state index in [1.54, 1.807) is 14.2 Å². The van der Waals surface area contributed by atoms with Crippen molar-refractivity contribution in [2.75, 3.05) is 32.3 Å². The van der Waals surface area contributed by atoms with Crippen LogP contribution in [0.3, 0.4) is 0 Å². The molecule has 1 fully saturated rings. The highest BCUT2D eigenvalue weighted by atomic mass is 32.2. The number of thioether (sulfide) groups is 1. The summed E-state index contributed by atoms with van der Waals surface area (Å²) >= 11 is 2.06. The molecule has 2 atom stereocenters. The summed E-state index contributed by atoms with van der Waals surface area (Å²) in [6, 6.07) is 6.23. The Hall–Kier alpha value is -0.870. The van der Waals surface area contributed by atoms with Crippen molar-refractivity contribution in [2.45, 2.75) is 19.4 Å². The highest BCUT2D eigenvalue weighted by Crippen LogP contribution is 2.30. The summed E-state index contributed by atoms with van der Waals surface area (Å²) in [4.78, 5) is 0. The van der Waals surface area contributed by atoms with Gasteiger partial charge in [0.25, 0.3) is 0 Å². The number of methoxy groups -OCH3 is 2. The normalized spacial score (nSPS) is 20.3. The SMILES string of the molecule is COc1ccc(OC)c(C(C)NCC2CCSC2)c1. The zero-order valence-corrected chi connectivity index (χ0v) is 12.8. The topological polar surface area (TPSA) is 30.5 Å². The van der Waals surface area contributed by atoms with Crippen molar-refractivity contribution >= 4 is 11.8 Å². The van der Waals surface area contributed by atoms with Gasteiger partial charge in [0.1, 0.15) is 11.5 Å². The zero-order chi connectivity index (χ0) is 13.7. The number of nitrogens with one attached hydrogen (secondary N) is 1. The fraction of sp³-hybridized carbons (Fsp3) is 0.600. The summed E-state index contributed by atoms with van der Waals surface area (Å²) in [5.74, 6) is 5.20. The third-order valence-electron chi connectivity index (χ3n) is 3.64. The summed E-state index contributed by atoms with van der Waals surface area (Å²) < 4.78 is 10.7. The van der Waals surface area contributed by atoms with E-state index in [0.29, 0.717) is 0 Å². The molecule has 2 rings (SSSR count). The van der Waals surface area contributed by atoms with E-state index in [4.69, 9.17) is 9.47 Å². The average molecular weight is 281 g/mol. The molecule has 0 saturated carbocycles. The van der Waals surface area contributed by atoms with Crippen molar-refractivity contribution in [3.63, 3.8) is 0 Å². The molecule has 4 heteroatoms. The molecule has 3 nitrogen and oxygen atoms in total. The van der Waals surface area contributed by atoms with Gasteiger partial charge in [-0.2, -0.15) is 11.8 Å². The van der Waals surface area contributed by atoms with Gasteiger partial charge in [0.05, 0.1) is 14.2 Å². The molecule has 1 aromatic carbocycles. The average Bonchev–Trinajstić information content (AvgIpc) is 2.97. The molecule has 1 saturated heterocycles. The number of ether oxygens (including phenoxy) is 2. The van der Waals surface area contributed by atoms with Crippen molar-refractivity contribution in [3.05, 3.63) is 23.8 Å². The lowest BCUT2D eigenvalue weighted by Gasteiger charge is -2.20. The van der Waals surface area contributed by atoms with Crippen LogP contribution in [0.1, 0.15) is 24.9 Å². The lowest BCUT2D eigenvalue weighted by atomic mass is 10.0. The van der Waals surface area contributed by atoms with Gasteiger partial charge in [0, 0.05) is 11.6 Å². The highest BCUT2D eigenvalue weighted by molar-refractivity contribution is 7.99. The Morgan fingerprint density at radius 3 is 2.84 bits per heavy atom. The van der Waals surface area contributed by atoms with E-state index in [0.717, 1.165) is 29.5 Å². The van der Waals surface area contributed by atoms with Crippen LogP contribution in [0, 0.1) is 5.92 Å². The van der Waals surface area contributed by atoms with Gasteiger partial charge in [-0.15, -0.1) is 0 Å². The molecule has 1 heterocycles. The summed E-state index contributed by atoms with van der Waals surface area (Å²) in [5.41, 5.74) is 1.16. The van der Waals surface area contributed by atoms with Crippen LogP contribution in [0.5, 0.6) is 11.5 Å². The molecule has 106 valence electrons.